The number of aliphatic carboxylic acids is 1. The standard InChI is InChI=1S/C26H28N4O5/c1-26(2,24(33)29-22(23(31)32)21-12-13-28-30(21)3)15-27-25(34)35-14-20-18-10-6-4-8-16(18)17-9-5-7-11-19(17)20/h4-13,20,22H,14-15H2,1-3H3,(H,27,34)(H,29,33)(H,31,32). The van der Waals surface area contributed by atoms with Crippen LogP contribution in [-0.4, -0.2) is 46.0 Å². The van der Waals surface area contributed by atoms with Crippen LogP contribution < -0.4 is 10.6 Å². The van der Waals surface area contributed by atoms with E-state index in [9.17, 15) is 19.5 Å². The zero-order valence-corrected chi connectivity index (χ0v) is 19.8. The van der Waals surface area contributed by atoms with Gasteiger partial charge in [0.05, 0.1) is 11.1 Å². The summed E-state index contributed by atoms with van der Waals surface area (Å²) in [6.07, 6.45) is 0.815. The third-order valence-electron chi connectivity index (χ3n) is 6.31. The van der Waals surface area contributed by atoms with Gasteiger partial charge in [0.25, 0.3) is 0 Å². The molecule has 182 valence electrons. The molecular formula is C26H28N4O5. The summed E-state index contributed by atoms with van der Waals surface area (Å²) in [6.45, 7) is 3.36. The van der Waals surface area contributed by atoms with Gasteiger partial charge in [0.15, 0.2) is 6.04 Å². The second-order valence-electron chi connectivity index (χ2n) is 9.19. The first-order valence-corrected chi connectivity index (χ1v) is 11.3. The third kappa shape index (κ3) is 4.89. The molecule has 4 rings (SSSR count). The molecule has 9 heteroatoms. The summed E-state index contributed by atoms with van der Waals surface area (Å²) in [6, 6.07) is 16.4. The molecule has 1 aliphatic rings. The van der Waals surface area contributed by atoms with Gasteiger partial charge in [-0.1, -0.05) is 48.5 Å². The lowest BCUT2D eigenvalue weighted by Crippen LogP contribution is -2.47. The number of aryl methyl sites for hydroxylation is 1. The Balaban J connectivity index is 1.35. The first kappa shape index (κ1) is 24.0. The number of benzene rings is 2. The minimum absolute atomic E-state index is 0.0345. The molecular weight excluding hydrogens is 448 g/mol. The Bertz CT molecular complexity index is 1220. The van der Waals surface area contributed by atoms with Gasteiger partial charge in [-0.25, -0.2) is 9.59 Å². The number of amides is 2. The van der Waals surface area contributed by atoms with E-state index >= 15 is 0 Å². The predicted octanol–water partition coefficient (Wildman–Crippen LogP) is 3.23. The van der Waals surface area contributed by atoms with Crippen molar-refractivity contribution < 1.29 is 24.2 Å². The summed E-state index contributed by atoms with van der Waals surface area (Å²) in [7, 11) is 1.60. The number of ether oxygens (including phenoxy) is 1. The fourth-order valence-electron chi connectivity index (χ4n) is 4.28. The number of nitrogens with zero attached hydrogens (tertiary/aromatic N) is 2. The van der Waals surface area contributed by atoms with Gasteiger partial charge in [-0.05, 0) is 42.2 Å². The number of carboxylic acid groups (broad SMARTS) is 1. The van der Waals surface area contributed by atoms with E-state index in [0.29, 0.717) is 5.69 Å². The molecule has 1 heterocycles. The number of carboxylic acids is 1. The van der Waals surface area contributed by atoms with Crippen LogP contribution >= 0.6 is 0 Å². The molecule has 0 saturated heterocycles. The quantitative estimate of drug-likeness (QED) is 0.459. The maximum Gasteiger partial charge on any atom is 0.407 e. The maximum absolute atomic E-state index is 12.8. The fraction of sp³-hybridized carbons (Fsp3) is 0.308. The summed E-state index contributed by atoms with van der Waals surface area (Å²) in [5, 5.41) is 18.7. The summed E-state index contributed by atoms with van der Waals surface area (Å²) < 4.78 is 6.91. The number of aromatic nitrogens is 2. The molecule has 2 amide bonds. The van der Waals surface area contributed by atoms with E-state index in [-0.39, 0.29) is 19.1 Å². The highest BCUT2D eigenvalue weighted by atomic mass is 16.5. The number of nitrogens with one attached hydrogen (secondary N) is 2. The molecule has 0 aliphatic heterocycles. The molecule has 0 spiro atoms. The van der Waals surface area contributed by atoms with Gasteiger partial charge in [-0.15, -0.1) is 0 Å². The summed E-state index contributed by atoms with van der Waals surface area (Å²) in [4.78, 5) is 37.0. The van der Waals surface area contributed by atoms with Crippen LogP contribution in [0.1, 0.15) is 42.6 Å². The van der Waals surface area contributed by atoms with E-state index in [4.69, 9.17) is 4.74 Å². The lowest BCUT2D eigenvalue weighted by Gasteiger charge is -2.26. The van der Waals surface area contributed by atoms with Crippen molar-refractivity contribution in [3.63, 3.8) is 0 Å². The van der Waals surface area contributed by atoms with Crippen molar-refractivity contribution in [2.75, 3.05) is 13.2 Å². The molecule has 1 aliphatic carbocycles. The Labute approximate surface area is 203 Å². The van der Waals surface area contributed by atoms with E-state index in [1.165, 1.54) is 16.9 Å². The van der Waals surface area contributed by atoms with Gasteiger partial charge in [-0.3, -0.25) is 9.48 Å². The average Bonchev–Trinajstić information content (AvgIpc) is 3.40. The third-order valence-corrected chi connectivity index (χ3v) is 6.31. The van der Waals surface area contributed by atoms with Crippen LogP contribution in [0.25, 0.3) is 11.1 Å². The minimum Gasteiger partial charge on any atom is -0.479 e. The smallest absolute Gasteiger partial charge is 0.407 e. The highest BCUT2D eigenvalue weighted by Crippen LogP contribution is 2.44. The number of carbonyl (C=O) groups is 3. The van der Waals surface area contributed by atoms with E-state index in [1.807, 2.05) is 36.4 Å². The first-order valence-electron chi connectivity index (χ1n) is 11.3. The fourth-order valence-corrected chi connectivity index (χ4v) is 4.28. The Morgan fingerprint density at radius 1 is 1.06 bits per heavy atom. The molecule has 2 aromatic carbocycles. The number of fused-ring (bicyclic) bond motifs is 3. The van der Waals surface area contributed by atoms with Crippen molar-refractivity contribution >= 4 is 18.0 Å². The molecule has 35 heavy (non-hydrogen) atoms. The maximum atomic E-state index is 12.8. The lowest BCUT2D eigenvalue weighted by molar-refractivity contribution is -0.143. The Hall–Kier alpha value is -4.14. The van der Waals surface area contributed by atoms with E-state index in [0.717, 1.165) is 22.3 Å². The number of carbonyl (C=O) groups excluding carboxylic acids is 2. The average molecular weight is 477 g/mol. The van der Waals surface area contributed by atoms with Gasteiger partial charge in [0.2, 0.25) is 5.91 Å². The van der Waals surface area contributed by atoms with Crippen molar-refractivity contribution in [2.45, 2.75) is 25.8 Å². The molecule has 9 nitrogen and oxygen atoms in total. The SMILES string of the molecule is Cn1nccc1C(NC(=O)C(C)(C)CNC(=O)OCC1c2ccccc2-c2ccccc21)C(=O)O. The normalized spacial score (nSPS) is 13.5. The number of rotatable bonds is 8. The molecule has 0 radical (unpaired) electrons. The predicted molar refractivity (Wildman–Crippen MR) is 129 cm³/mol. The van der Waals surface area contributed by atoms with Crippen LogP contribution in [0.4, 0.5) is 4.79 Å². The Kier molecular flexibility index (Phi) is 6.59. The van der Waals surface area contributed by atoms with E-state index in [1.54, 1.807) is 20.9 Å². The van der Waals surface area contributed by atoms with Crippen LogP contribution in [0.15, 0.2) is 60.8 Å². The second-order valence-corrected chi connectivity index (χ2v) is 9.19. The van der Waals surface area contributed by atoms with Crippen molar-refractivity contribution in [2.24, 2.45) is 12.5 Å². The summed E-state index contributed by atoms with van der Waals surface area (Å²) in [5.41, 5.74) is 3.74. The Morgan fingerprint density at radius 3 is 2.20 bits per heavy atom. The molecule has 0 saturated carbocycles. The molecule has 3 aromatic rings. The van der Waals surface area contributed by atoms with Crippen molar-refractivity contribution in [3.05, 3.63) is 77.6 Å². The van der Waals surface area contributed by atoms with E-state index < -0.39 is 29.4 Å². The Morgan fingerprint density at radius 2 is 1.66 bits per heavy atom. The van der Waals surface area contributed by atoms with Crippen LogP contribution in [0, 0.1) is 5.41 Å². The van der Waals surface area contributed by atoms with Crippen molar-refractivity contribution in [1.82, 2.24) is 20.4 Å². The van der Waals surface area contributed by atoms with Gasteiger partial charge >= 0.3 is 12.1 Å². The van der Waals surface area contributed by atoms with Crippen LogP contribution in [0.2, 0.25) is 0 Å². The molecule has 0 fully saturated rings. The van der Waals surface area contributed by atoms with Gasteiger partial charge < -0.3 is 20.5 Å². The molecule has 1 atom stereocenters. The number of hydrogen-bond donors (Lipinski definition) is 3. The van der Waals surface area contributed by atoms with Crippen LogP contribution in [0.5, 0.6) is 0 Å². The zero-order valence-electron chi connectivity index (χ0n) is 19.8. The van der Waals surface area contributed by atoms with Gasteiger partial charge in [0.1, 0.15) is 6.61 Å². The zero-order chi connectivity index (χ0) is 25.2. The van der Waals surface area contributed by atoms with Crippen molar-refractivity contribution in [1.29, 1.82) is 0 Å². The van der Waals surface area contributed by atoms with Crippen LogP contribution in [-0.2, 0) is 21.4 Å². The highest BCUT2D eigenvalue weighted by molar-refractivity contribution is 5.88. The highest BCUT2D eigenvalue weighted by Gasteiger charge is 2.34. The number of hydrogen-bond acceptors (Lipinski definition) is 5. The largest absolute Gasteiger partial charge is 0.479 e. The van der Waals surface area contributed by atoms with Crippen molar-refractivity contribution in [3.8, 4) is 11.1 Å². The molecule has 0 bridgehead atoms. The minimum atomic E-state index is -1.26. The molecule has 3 N–H and O–H groups in total. The summed E-state index contributed by atoms with van der Waals surface area (Å²) in [5.74, 6) is -1.80. The first-order chi connectivity index (χ1) is 16.7. The van der Waals surface area contributed by atoms with Gasteiger partial charge in [-0.2, -0.15) is 5.10 Å². The summed E-state index contributed by atoms with van der Waals surface area (Å²) >= 11 is 0. The molecule has 1 unspecified atom stereocenters. The second kappa shape index (κ2) is 9.61. The molecule has 1 aromatic heterocycles. The number of alkyl carbamates (subject to hydrolysis) is 1. The monoisotopic (exact) mass is 476 g/mol. The topological polar surface area (TPSA) is 123 Å². The van der Waals surface area contributed by atoms with Gasteiger partial charge in [0, 0.05) is 25.7 Å². The lowest BCUT2D eigenvalue weighted by atomic mass is 9.91. The van der Waals surface area contributed by atoms with E-state index in [2.05, 4.69) is 27.9 Å². The van der Waals surface area contributed by atoms with Crippen LogP contribution in [0.3, 0.4) is 0 Å².